The molecule has 7 heteroatoms. The lowest BCUT2D eigenvalue weighted by molar-refractivity contribution is -0.384. The van der Waals surface area contributed by atoms with E-state index < -0.39 is 4.92 Å². The number of hydrogen-bond acceptors (Lipinski definition) is 5. The number of nitrogens with zero attached hydrogens (tertiary/aromatic N) is 3. The molecule has 1 aliphatic heterocycles. The van der Waals surface area contributed by atoms with Gasteiger partial charge in [0.1, 0.15) is 5.69 Å². The summed E-state index contributed by atoms with van der Waals surface area (Å²) >= 11 is 6.04. The van der Waals surface area contributed by atoms with Gasteiger partial charge in [-0.25, -0.2) is 4.98 Å². The Kier molecular flexibility index (Phi) is 2.64. The molecular weight excluding hydrogens is 268 g/mol. The highest BCUT2D eigenvalue weighted by Gasteiger charge is 2.15. The Morgan fingerprint density at radius 1 is 1.32 bits per heavy atom. The molecule has 2 heterocycles. The summed E-state index contributed by atoms with van der Waals surface area (Å²) in [6, 6.07) is 6.13. The van der Waals surface area contributed by atoms with E-state index in [9.17, 15) is 10.1 Å². The summed E-state index contributed by atoms with van der Waals surface area (Å²) < 4.78 is 0. The van der Waals surface area contributed by atoms with Gasteiger partial charge in [-0.05, 0) is 12.1 Å². The molecule has 0 bridgehead atoms. The topological polar surface area (TPSA) is 80.4 Å². The van der Waals surface area contributed by atoms with Crippen LogP contribution in [0.25, 0.3) is 0 Å². The van der Waals surface area contributed by atoms with Gasteiger partial charge in [-0.15, -0.1) is 0 Å². The van der Waals surface area contributed by atoms with Crippen molar-refractivity contribution in [3.8, 4) is 0 Å². The van der Waals surface area contributed by atoms with Gasteiger partial charge in [-0.2, -0.15) is 0 Å². The standard InChI is InChI=1S/C12H7ClN4O2/c13-9-3-4-14-12-11(9)15-6-7-5-8(17(18)19)1-2-10(7)16-12/h1-6H,(H,14,16). The third kappa shape index (κ3) is 2.02. The predicted molar refractivity (Wildman–Crippen MR) is 72.9 cm³/mol. The number of benzene rings is 1. The zero-order chi connectivity index (χ0) is 13.4. The van der Waals surface area contributed by atoms with E-state index in [1.807, 2.05) is 0 Å². The first-order valence-corrected chi connectivity index (χ1v) is 5.77. The molecule has 1 N–H and O–H groups in total. The Hall–Kier alpha value is -2.47. The largest absolute Gasteiger partial charge is 0.338 e. The number of rotatable bonds is 1. The summed E-state index contributed by atoms with van der Waals surface area (Å²) in [5.41, 5.74) is 1.84. The Morgan fingerprint density at radius 3 is 2.95 bits per heavy atom. The van der Waals surface area contributed by atoms with E-state index in [2.05, 4.69) is 15.3 Å². The molecule has 0 aliphatic carbocycles. The number of fused-ring (bicyclic) bond motifs is 2. The van der Waals surface area contributed by atoms with Crippen LogP contribution in [0.5, 0.6) is 0 Å². The van der Waals surface area contributed by atoms with Crippen LogP contribution in [0.1, 0.15) is 5.56 Å². The molecule has 0 spiro atoms. The number of halogens is 1. The lowest BCUT2D eigenvalue weighted by Gasteiger charge is -2.07. The Bertz CT molecular complexity index is 715. The van der Waals surface area contributed by atoms with Crippen molar-refractivity contribution in [2.45, 2.75) is 0 Å². The molecule has 6 nitrogen and oxygen atoms in total. The molecule has 0 unspecified atom stereocenters. The zero-order valence-electron chi connectivity index (χ0n) is 9.50. The van der Waals surface area contributed by atoms with Gasteiger partial charge in [-0.1, -0.05) is 11.6 Å². The van der Waals surface area contributed by atoms with E-state index in [1.54, 1.807) is 18.3 Å². The lowest BCUT2D eigenvalue weighted by atomic mass is 10.1. The first-order chi connectivity index (χ1) is 9.15. The molecule has 2 aromatic rings. The van der Waals surface area contributed by atoms with Crippen LogP contribution in [0, 0.1) is 10.1 Å². The summed E-state index contributed by atoms with van der Waals surface area (Å²) in [4.78, 5) is 18.7. The SMILES string of the molecule is O=[N+]([O-])c1ccc2c(c1)C=Nc1c(Cl)ccnc1N2. The van der Waals surface area contributed by atoms with Crippen molar-refractivity contribution >= 4 is 40.7 Å². The quantitative estimate of drug-likeness (QED) is 0.544. The first-order valence-electron chi connectivity index (χ1n) is 5.39. The van der Waals surface area contributed by atoms with Gasteiger partial charge < -0.3 is 5.32 Å². The summed E-state index contributed by atoms with van der Waals surface area (Å²) in [5, 5.41) is 14.3. The predicted octanol–water partition coefficient (Wildman–Crippen LogP) is 3.45. The van der Waals surface area contributed by atoms with Gasteiger partial charge in [0.05, 0.1) is 9.95 Å². The minimum absolute atomic E-state index is 0.0111. The van der Waals surface area contributed by atoms with Crippen molar-refractivity contribution in [1.82, 2.24) is 4.98 Å². The number of nitro groups is 1. The Labute approximate surface area is 112 Å². The average Bonchev–Trinajstić information content (AvgIpc) is 2.57. The molecule has 0 saturated heterocycles. The Balaban J connectivity index is 2.14. The molecule has 0 radical (unpaired) electrons. The van der Waals surface area contributed by atoms with Gasteiger partial charge in [0.2, 0.25) is 0 Å². The molecule has 1 aromatic carbocycles. The normalized spacial score (nSPS) is 12.1. The summed E-state index contributed by atoms with van der Waals surface area (Å²) in [7, 11) is 0. The first kappa shape index (κ1) is 11.6. The molecule has 0 fully saturated rings. The van der Waals surface area contributed by atoms with Crippen molar-refractivity contribution in [3.05, 3.63) is 51.2 Å². The third-order valence-electron chi connectivity index (χ3n) is 2.71. The van der Waals surface area contributed by atoms with Crippen LogP contribution in [0.4, 0.5) is 22.9 Å². The molecule has 94 valence electrons. The second-order valence-corrected chi connectivity index (χ2v) is 4.31. The van der Waals surface area contributed by atoms with Gasteiger partial charge >= 0.3 is 0 Å². The third-order valence-corrected chi connectivity index (χ3v) is 3.01. The molecule has 1 aromatic heterocycles. The van der Waals surface area contributed by atoms with Gasteiger partial charge in [0.15, 0.2) is 5.82 Å². The highest BCUT2D eigenvalue weighted by atomic mass is 35.5. The van der Waals surface area contributed by atoms with Crippen molar-refractivity contribution < 1.29 is 4.92 Å². The maximum absolute atomic E-state index is 10.8. The number of anilines is 2. The van der Waals surface area contributed by atoms with E-state index in [1.165, 1.54) is 18.3 Å². The molecule has 0 amide bonds. The molecule has 19 heavy (non-hydrogen) atoms. The zero-order valence-corrected chi connectivity index (χ0v) is 10.3. The molecule has 3 rings (SSSR count). The van der Waals surface area contributed by atoms with Crippen LogP contribution in [0.15, 0.2) is 35.5 Å². The van der Waals surface area contributed by atoms with Gasteiger partial charge in [0, 0.05) is 35.8 Å². The van der Waals surface area contributed by atoms with Crippen LogP contribution in [-0.2, 0) is 0 Å². The summed E-state index contributed by atoms with van der Waals surface area (Å²) in [6.45, 7) is 0. The van der Waals surface area contributed by atoms with Gasteiger partial charge in [0.25, 0.3) is 5.69 Å². The van der Waals surface area contributed by atoms with Crippen molar-refractivity contribution in [3.63, 3.8) is 0 Å². The maximum atomic E-state index is 10.8. The van der Waals surface area contributed by atoms with Crippen molar-refractivity contribution in [2.75, 3.05) is 5.32 Å². The number of aliphatic imine (C=N–C) groups is 1. The molecule has 0 atom stereocenters. The second-order valence-electron chi connectivity index (χ2n) is 3.90. The highest BCUT2D eigenvalue weighted by molar-refractivity contribution is 6.33. The van der Waals surface area contributed by atoms with Crippen molar-refractivity contribution in [2.24, 2.45) is 4.99 Å². The van der Waals surface area contributed by atoms with E-state index >= 15 is 0 Å². The lowest BCUT2D eigenvalue weighted by Crippen LogP contribution is -1.97. The van der Waals surface area contributed by atoms with Crippen LogP contribution < -0.4 is 5.32 Å². The monoisotopic (exact) mass is 274 g/mol. The van der Waals surface area contributed by atoms with E-state index in [4.69, 9.17) is 11.6 Å². The number of non-ortho nitro benzene ring substituents is 1. The van der Waals surface area contributed by atoms with Crippen LogP contribution in [0.2, 0.25) is 5.02 Å². The number of aromatic nitrogens is 1. The number of nitrogens with one attached hydrogen (secondary N) is 1. The molecule has 1 aliphatic rings. The number of nitro benzene ring substituents is 1. The van der Waals surface area contributed by atoms with Crippen LogP contribution in [-0.4, -0.2) is 16.1 Å². The summed E-state index contributed by atoms with van der Waals surface area (Å²) in [6.07, 6.45) is 3.11. The average molecular weight is 275 g/mol. The Morgan fingerprint density at radius 2 is 2.16 bits per heavy atom. The van der Waals surface area contributed by atoms with E-state index in [-0.39, 0.29) is 5.69 Å². The molecular formula is C12H7ClN4O2. The second kappa shape index (κ2) is 4.33. The minimum Gasteiger partial charge on any atom is -0.338 e. The van der Waals surface area contributed by atoms with Crippen molar-refractivity contribution in [1.29, 1.82) is 0 Å². The fraction of sp³-hybridized carbons (Fsp3) is 0. The maximum Gasteiger partial charge on any atom is 0.270 e. The van der Waals surface area contributed by atoms with E-state index in [0.717, 1.165) is 0 Å². The number of pyridine rings is 1. The highest BCUT2D eigenvalue weighted by Crippen LogP contribution is 2.36. The fourth-order valence-electron chi connectivity index (χ4n) is 1.79. The van der Waals surface area contributed by atoms with Crippen LogP contribution >= 0.6 is 11.6 Å². The smallest absolute Gasteiger partial charge is 0.270 e. The van der Waals surface area contributed by atoms with Gasteiger partial charge in [-0.3, -0.25) is 15.1 Å². The summed E-state index contributed by atoms with van der Waals surface area (Å²) in [5.74, 6) is 0.524. The van der Waals surface area contributed by atoms with Crippen LogP contribution in [0.3, 0.4) is 0 Å². The molecule has 0 saturated carbocycles. The minimum atomic E-state index is -0.447. The van der Waals surface area contributed by atoms with E-state index in [0.29, 0.717) is 27.8 Å². The number of hydrogen-bond donors (Lipinski definition) is 1. The fourth-order valence-corrected chi connectivity index (χ4v) is 1.99.